The van der Waals surface area contributed by atoms with E-state index in [0.29, 0.717) is 12.6 Å². The van der Waals surface area contributed by atoms with Gasteiger partial charge in [0.15, 0.2) is 0 Å². The Labute approximate surface area is 98.0 Å². The molecule has 2 nitrogen and oxygen atoms in total. The van der Waals surface area contributed by atoms with E-state index in [-0.39, 0.29) is 0 Å². The topological polar surface area (TPSA) is 38.0 Å². The molecule has 0 aliphatic heterocycles. The lowest BCUT2D eigenvalue weighted by atomic mass is 10.2. The standard InChI is InChI=1S/C10H14BrClN2/c1-7(5-13)14-6-8-2-9(11)4-10(12)3-8/h2-4,7,14H,5-6,13H2,1H3/t7-/m0/s1. The van der Waals surface area contributed by atoms with Crippen LogP contribution in [0.1, 0.15) is 12.5 Å². The quantitative estimate of drug-likeness (QED) is 0.887. The van der Waals surface area contributed by atoms with E-state index in [1.54, 1.807) is 0 Å². The number of hydrogen-bond donors (Lipinski definition) is 2. The number of hydrogen-bond acceptors (Lipinski definition) is 2. The summed E-state index contributed by atoms with van der Waals surface area (Å²) in [5, 5.41) is 4.05. The molecule has 0 radical (unpaired) electrons. The molecule has 1 aromatic rings. The van der Waals surface area contributed by atoms with Crippen LogP contribution in [0.2, 0.25) is 5.02 Å². The lowest BCUT2D eigenvalue weighted by molar-refractivity contribution is 0.556. The molecule has 0 unspecified atom stereocenters. The van der Waals surface area contributed by atoms with E-state index in [0.717, 1.165) is 21.6 Å². The van der Waals surface area contributed by atoms with Crippen molar-refractivity contribution >= 4 is 27.5 Å². The van der Waals surface area contributed by atoms with E-state index >= 15 is 0 Å². The second-order valence-corrected chi connectivity index (χ2v) is 4.65. The molecular weight excluding hydrogens is 263 g/mol. The van der Waals surface area contributed by atoms with Gasteiger partial charge < -0.3 is 11.1 Å². The predicted octanol–water partition coefficient (Wildman–Crippen LogP) is 2.54. The molecule has 3 N–H and O–H groups in total. The summed E-state index contributed by atoms with van der Waals surface area (Å²) < 4.78 is 1.00. The van der Waals surface area contributed by atoms with Crippen LogP contribution >= 0.6 is 27.5 Å². The summed E-state index contributed by atoms with van der Waals surface area (Å²) in [6.45, 7) is 3.48. The zero-order valence-electron chi connectivity index (χ0n) is 8.06. The van der Waals surface area contributed by atoms with Crippen LogP contribution in [0, 0.1) is 0 Å². The van der Waals surface area contributed by atoms with Gasteiger partial charge in [0, 0.05) is 28.6 Å². The molecule has 78 valence electrons. The zero-order chi connectivity index (χ0) is 10.6. The number of benzene rings is 1. The Morgan fingerprint density at radius 3 is 2.79 bits per heavy atom. The second-order valence-electron chi connectivity index (χ2n) is 3.30. The average molecular weight is 278 g/mol. The summed E-state index contributed by atoms with van der Waals surface area (Å²) in [4.78, 5) is 0. The molecule has 0 saturated heterocycles. The Balaban J connectivity index is 2.58. The molecule has 1 atom stereocenters. The molecule has 0 saturated carbocycles. The Bertz CT molecular complexity index is 284. The minimum atomic E-state index is 0.327. The Morgan fingerprint density at radius 2 is 2.21 bits per heavy atom. The molecule has 0 heterocycles. The van der Waals surface area contributed by atoms with Gasteiger partial charge in [-0.2, -0.15) is 0 Å². The second kappa shape index (κ2) is 5.71. The van der Waals surface area contributed by atoms with Crippen LogP contribution in [0.4, 0.5) is 0 Å². The maximum absolute atomic E-state index is 5.92. The molecule has 0 aliphatic carbocycles. The van der Waals surface area contributed by atoms with E-state index < -0.39 is 0 Å². The Hall–Kier alpha value is -0.0900. The highest BCUT2D eigenvalue weighted by molar-refractivity contribution is 9.10. The minimum Gasteiger partial charge on any atom is -0.329 e. The predicted molar refractivity (Wildman–Crippen MR) is 64.5 cm³/mol. The molecule has 0 spiro atoms. The van der Waals surface area contributed by atoms with Gasteiger partial charge in [-0.3, -0.25) is 0 Å². The Kier molecular flexibility index (Phi) is 4.89. The zero-order valence-corrected chi connectivity index (χ0v) is 10.4. The molecule has 4 heteroatoms. The molecule has 0 fully saturated rings. The molecular formula is C10H14BrClN2. The highest BCUT2D eigenvalue weighted by Crippen LogP contribution is 2.19. The van der Waals surface area contributed by atoms with Gasteiger partial charge in [0.2, 0.25) is 0 Å². The van der Waals surface area contributed by atoms with E-state index in [4.69, 9.17) is 17.3 Å². The first-order valence-corrected chi connectivity index (χ1v) is 5.67. The lowest BCUT2D eigenvalue weighted by Gasteiger charge is -2.11. The minimum absolute atomic E-state index is 0.327. The molecule has 0 aliphatic rings. The molecule has 0 amide bonds. The molecule has 1 aromatic carbocycles. The third kappa shape index (κ3) is 3.96. The van der Waals surface area contributed by atoms with Gasteiger partial charge in [0.25, 0.3) is 0 Å². The summed E-state index contributed by atoms with van der Waals surface area (Å²) in [6.07, 6.45) is 0. The summed E-state index contributed by atoms with van der Waals surface area (Å²) in [7, 11) is 0. The fourth-order valence-electron chi connectivity index (χ4n) is 1.09. The van der Waals surface area contributed by atoms with Crippen molar-refractivity contribution in [2.24, 2.45) is 5.73 Å². The van der Waals surface area contributed by atoms with Gasteiger partial charge in [-0.15, -0.1) is 0 Å². The van der Waals surface area contributed by atoms with E-state index in [9.17, 15) is 0 Å². The molecule has 0 bridgehead atoms. The van der Waals surface area contributed by atoms with Gasteiger partial charge in [-0.05, 0) is 30.7 Å². The first-order valence-electron chi connectivity index (χ1n) is 4.50. The largest absolute Gasteiger partial charge is 0.329 e. The smallest absolute Gasteiger partial charge is 0.0420 e. The van der Waals surface area contributed by atoms with Crippen LogP contribution in [0.3, 0.4) is 0 Å². The van der Waals surface area contributed by atoms with Crippen molar-refractivity contribution in [1.29, 1.82) is 0 Å². The van der Waals surface area contributed by atoms with E-state index in [2.05, 4.69) is 28.2 Å². The third-order valence-corrected chi connectivity index (χ3v) is 2.61. The lowest BCUT2D eigenvalue weighted by Crippen LogP contribution is -2.32. The monoisotopic (exact) mass is 276 g/mol. The fourth-order valence-corrected chi connectivity index (χ4v) is 2.02. The van der Waals surface area contributed by atoms with Crippen molar-refractivity contribution in [3.63, 3.8) is 0 Å². The summed E-state index contributed by atoms with van der Waals surface area (Å²) in [5.74, 6) is 0. The molecule has 14 heavy (non-hydrogen) atoms. The Morgan fingerprint density at radius 1 is 1.50 bits per heavy atom. The van der Waals surface area contributed by atoms with Crippen molar-refractivity contribution in [3.8, 4) is 0 Å². The number of nitrogens with two attached hydrogens (primary N) is 1. The van der Waals surface area contributed by atoms with Crippen molar-refractivity contribution in [1.82, 2.24) is 5.32 Å². The maximum Gasteiger partial charge on any atom is 0.0420 e. The summed E-state index contributed by atoms with van der Waals surface area (Å²) in [5.41, 5.74) is 6.66. The van der Waals surface area contributed by atoms with Crippen molar-refractivity contribution in [3.05, 3.63) is 33.3 Å². The SMILES string of the molecule is C[C@@H](CN)NCc1cc(Cl)cc(Br)c1. The summed E-state index contributed by atoms with van der Waals surface area (Å²) in [6, 6.07) is 6.19. The highest BCUT2D eigenvalue weighted by Gasteiger charge is 2.00. The number of halogens is 2. The van der Waals surface area contributed by atoms with Gasteiger partial charge in [0.05, 0.1) is 0 Å². The van der Waals surface area contributed by atoms with Crippen LogP contribution in [-0.4, -0.2) is 12.6 Å². The maximum atomic E-state index is 5.92. The molecule has 0 aromatic heterocycles. The van der Waals surface area contributed by atoms with Crippen LogP contribution in [0.5, 0.6) is 0 Å². The first kappa shape index (κ1) is 12.0. The average Bonchev–Trinajstić information content (AvgIpc) is 2.12. The van der Waals surface area contributed by atoms with Gasteiger partial charge in [-0.1, -0.05) is 27.5 Å². The van der Waals surface area contributed by atoms with Crippen LogP contribution in [0.25, 0.3) is 0 Å². The van der Waals surface area contributed by atoms with Gasteiger partial charge >= 0.3 is 0 Å². The van der Waals surface area contributed by atoms with Gasteiger partial charge in [0.1, 0.15) is 0 Å². The highest BCUT2D eigenvalue weighted by atomic mass is 79.9. The van der Waals surface area contributed by atoms with Crippen LogP contribution in [-0.2, 0) is 6.54 Å². The first-order chi connectivity index (χ1) is 6.61. The van der Waals surface area contributed by atoms with Crippen molar-refractivity contribution in [2.45, 2.75) is 19.5 Å². The number of rotatable bonds is 4. The van der Waals surface area contributed by atoms with Crippen molar-refractivity contribution < 1.29 is 0 Å². The van der Waals surface area contributed by atoms with Crippen molar-refractivity contribution in [2.75, 3.05) is 6.54 Å². The van der Waals surface area contributed by atoms with Crippen LogP contribution < -0.4 is 11.1 Å². The fraction of sp³-hybridized carbons (Fsp3) is 0.400. The van der Waals surface area contributed by atoms with Crippen LogP contribution in [0.15, 0.2) is 22.7 Å². The summed E-state index contributed by atoms with van der Waals surface area (Å²) >= 11 is 9.32. The molecule has 1 rings (SSSR count). The van der Waals surface area contributed by atoms with Gasteiger partial charge in [-0.25, -0.2) is 0 Å². The normalized spacial score (nSPS) is 12.9. The van der Waals surface area contributed by atoms with E-state index in [1.165, 1.54) is 0 Å². The third-order valence-electron chi connectivity index (χ3n) is 1.93. The number of nitrogens with one attached hydrogen (secondary N) is 1. The van der Waals surface area contributed by atoms with E-state index in [1.807, 2.05) is 18.2 Å².